The number of hydrazone groups is 1. The van der Waals surface area contributed by atoms with Crippen molar-refractivity contribution in [2.75, 3.05) is 0 Å². The predicted octanol–water partition coefficient (Wildman–Crippen LogP) is 7.00. The molecule has 0 spiro atoms. The lowest BCUT2D eigenvalue weighted by molar-refractivity contribution is -0.384. The maximum absolute atomic E-state index is 13.7. The molecule has 10 heteroatoms. The van der Waals surface area contributed by atoms with Crippen LogP contribution in [0, 0.1) is 15.9 Å². The minimum Gasteiger partial charge on any atom is -0.321 e. The average molecular weight is 611 g/mol. The maximum atomic E-state index is 13.7. The third-order valence-corrected chi connectivity index (χ3v) is 7.50. The van der Waals surface area contributed by atoms with Crippen molar-refractivity contribution in [2.45, 2.75) is 12.5 Å². The summed E-state index contributed by atoms with van der Waals surface area (Å²) < 4.78 is 14.4. The molecule has 0 aliphatic carbocycles. The lowest BCUT2D eigenvalue weighted by Gasteiger charge is -2.22. The van der Waals surface area contributed by atoms with Gasteiger partial charge in [-0.1, -0.05) is 58.4 Å². The molecule has 0 radical (unpaired) electrons. The first-order valence-corrected chi connectivity index (χ1v) is 13.4. The van der Waals surface area contributed by atoms with Gasteiger partial charge in [0.05, 0.1) is 22.2 Å². The summed E-state index contributed by atoms with van der Waals surface area (Å²) in [5.41, 5.74) is 2.86. The van der Waals surface area contributed by atoms with Gasteiger partial charge in [0.2, 0.25) is 0 Å². The number of non-ortho nitro benzene ring substituents is 1. The first kappa shape index (κ1) is 26.3. The van der Waals surface area contributed by atoms with E-state index in [1.807, 2.05) is 48.5 Å². The van der Waals surface area contributed by atoms with E-state index < -0.39 is 22.7 Å². The summed E-state index contributed by atoms with van der Waals surface area (Å²) in [6, 6.07) is 25.3. The smallest absolute Gasteiger partial charge is 0.274 e. The first-order valence-electron chi connectivity index (χ1n) is 12.6. The molecule has 8 nitrogen and oxygen atoms in total. The van der Waals surface area contributed by atoms with Crippen LogP contribution in [0.5, 0.6) is 0 Å². The summed E-state index contributed by atoms with van der Waals surface area (Å²) in [4.78, 5) is 41.4. The standard InChI is InChI=1S/C31H20BrFN4O4/c32-21-11-14-25-24(16-21)28(18-5-2-1-3-6-18)29(30(38)34-25)26-17-27(20-7-4-8-23(15-20)37(40)41)36(35-26)31(39)19-9-12-22(33)13-10-19/h1-16,27H,17H2,(H,34,38). The molecule has 6 rings (SSSR count). The van der Waals surface area contributed by atoms with Crippen molar-refractivity contribution in [3.8, 4) is 11.1 Å². The normalized spacial score (nSPS) is 14.7. The second kappa shape index (κ2) is 10.5. The number of nitrogens with zero attached hydrogens (tertiary/aromatic N) is 3. The molecule has 0 fully saturated rings. The quantitative estimate of drug-likeness (QED) is 0.171. The molecule has 5 aromatic rings. The van der Waals surface area contributed by atoms with Crippen LogP contribution in [0.15, 0.2) is 111 Å². The Kier molecular flexibility index (Phi) is 6.76. The van der Waals surface area contributed by atoms with Gasteiger partial charge < -0.3 is 4.98 Å². The number of nitro benzene ring substituents is 1. The molecule has 0 bridgehead atoms. The van der Waals surface area contributed by atoms with Crippen LogP contribution in [-0.2, 0) is 0 Å². The zero-order chi connectivity index (χ0) is 28.7. The fraction of sp³-hybridized carbons (Fsp3) is 0.0645. The Hall–Kier alpha value is -4.96. The number of benzene rings is 4. The van der Waals surface area contributed by atoms with Gasteiger partial charge in [-0.2, -0.15) is 5.10 Å². The largest absolute Gasteiger partial charge is 0.321 e. The SMILES string of the molecule is O=C(c1ccc(F)cc1)N1N=C(c2c(-c3ccccc3)c3cc(Br)ccc3[nH]c2=O)CC1c1cccc([N+](=O)[O-])c1. The van der Waals surface area contributed by atoms with E-state index in [1.165, 1.54) is 41.4 Å². The summed E-state index contributed by atoms with van der Waals surface area (Å²) in [6.07, 6.45) is 0.122. The molecule has 0 saturated heterocycles. The van der Waals surface area contributed by atoms with E-state index in [0.717, 1.165) is 15.4 Å². The topological polar surface area (TPSA) is 109 Å². The molecule has 4 aromatic carbocycles. The van der Waals surface area contributed by atoms with E-state index >= 15 is 0 Å². The van der Waals surface area contributed by atoms with Crippen LogP contribution in [0.1, 0.15) is 33.9 Å². The van der Waals surface area contributed by atoms with E-state index in [-0.39, 0.29) is 23.2 Å². The van der Waals surface area contributed by atoms with Crippen molar-refractivity contribution < 1.29 is 14.1 Å². The highest BCUT2D eigenvalue weighted by Crippen LogP contribution is 2.38. The summed E-state index contributed by atoms with van der Waals surface area (Å²) in [7, 11) is 0. The number of nitrogens with one attached hydrogen (secondary N) is 1. The van der Waals surface area contributed by atoms with Gasteiger partial charge in [0, 0.05) is 45.1 Å². The number of carbonyl (C=O) groups is 1. The Morgan fingerprint density at radius 3 is 2.46 bits per heavy atom. The molecule has 2 heterocycles. The zero-order valence-electron chi connectivity index (χ0n) is 21.3. The van der Waals surface area contributed by atoms with Gasteiger partial charge in [0.1, 0.15) is 5.82 Å². The second-order valence-electron chi connectivity index (χ2n) is 9.54. The third-order valence-electron chi connectivity index (χ3n) is 7.00. The monoisotopic (exact) mass is 610 g/mol. The Morgan fingerprint density at radius 1 is 0.976 bits per heavy atom. The average Bonchev–Trinajstić information content (AvgIpc) is 3.42. The Labute approximate surface area is 241 Å². The van der Waals surface area contributed by atoms with Crippen molar-refractivity contribution in [3.05, 3.63) is 145 Å². The molecule has 1 unspecified atom stereocenters. The number of pyridine rings is 1. The van der Waals surface area contributed by atoms with Crippen molar-refractivity contribution in [1.82, 2.24) is 9.99 Å². The molecule has 41 heavy (non-hydrogen) atoms. The van der Waals surface area contributed by atoms with Gasteiger partial charge in [-0.15, -0.1) is 0 Å². The second-order valence-corrected chi connectivity index (χ2v) is 10.5. The van der Waals surface area contributed by atoms with Crippen molar-refractivity contribution in [3.63, 3.8) is 0 Å². The van der Waals surface area contributed by atoms with Crippen molar-refractivity contribution in [2.24, 2.45) is 5.10 Å². The zero-order valence-corrected chi connectivity index (χ0v) is 22.8. The highest BCUT2D eigenvalue weighted by atomic mass is 79.9. The molecule has 1 N–H and O–H groups in total. The van der Waals surface area contributed by atoms with Gasteiger partial charge in [-0.25, -0.2) is 9.40 Å². The van der Waals surface area contributed by atoms with Crippen LogP contribution in [0.4, 0.5) is 10.1 Å². The van der Waals surface area contributed by atoms with Gasteiger partial charge in [-0.05, 0) is 53.6 Å². The van der Waals surface area contributed by atoms with Crippen molar-refractivity contribution >= 4 is 44.1 Å². The van der Waals surface area contributed by atoms with Crippen LogP contribution < -0.4 is 5.56 Å². The van der Waals surface area contributed by atoms with Gasteiger partial charge in [-0.3, -0.25) is 19.7 Å². The van der Waals surface area contributed by atoms with E-state index in [4.69, 9.17) is 0 Å². The minimum atomic E-state index is -0.747. The molecule has 1 aliphatic heterocycles. The van der Waals surface area contributed by atoms with E-state index in [2.05, 4.69) is 26.0 Å². The van der Waals surface area contributed by atoms with Crippen LogP contribution in [0.25, 0.3) is 22.0 Å². The van der Waals surface area contributed by atoms with Gasteiger partial charge in [0.25, 0.3) is 17.2 Å². The highest BCUT2D eigenvalue weighted by molar-refractivity contribution is 9.10. The van der Waals surface area contributed by atoms with Gasteiger partial charge >= 0.3 is 0 Å². The van der Waals surface area contributed by atoms with Crippen LogP contribution in [-0.4, -0.2) is 26.5 Å². The fourth-order valence-corrected chi connectivity index (χ4v) is 5.49. The number of amides is 1. The van der Waals surface area contributed by atoms with E-state index in [1.54, 1.807) is 12.1 Å². The number of carbonyl (C=O) groups excluding carboxylic acids is 1. The van der Waals surface area contributed by atoms with Crippen LogP contribution >= 0.6 is 15.9 Å². The summed E-state index contributed by atoms with van der Waals surface area (Å²) in [5.74, 6) is -1.03. The lowest BCUT2D eigenvalue weighted by Crippen LogP contribution is -2.27. The summed E-state index contributed by atoms with van der Waals surface area (Å²) in [5, 5.41) is 18.2. The minimum absolute atomic E-state index is 0.122. The number of hydrogen-bond acceptors (Lipinski definition) is 5. The summed E-state index contributed by atoms with van der Waals surface area (Å²) >= 11 is 3.53. The molecule has 1 aromatic heterocycles. The molecule has 202 valence electrons. The number of halogens is 2. The number of hydrogen-bond donors (Lipinski definition) is 1. The molecule has 1 amide bonds. The Balaban J connectivity index is 1.57. The number of fused-ring (bicyclic) bond motifs is 1. The number of aromatic nitrogens is 1. The predicted molar refractivity (Wildman–Crippen MR) is 157 cm³/mol. The third kappa shape index (κ3) is 4.93. The van der Waals surface area contributed by atoms with E-state index in [9.17, 15) is 24.1 Å². The number of nitro groups is 1. The van der Waals surface area contributed by atoms with Crippen molar-refractivity contribution in [1.29, 1.82) is 0 Å². The number of rotatable bonds is 5. The summed E-state index contributed by atoms with van der Waals surface area (Å²) in [6.45, 7) is 0. The first-order chi connectivity index (χ1) is 19.8. The molecular formula is C31H20BrFN4O4. The maximum Gasteiger partial charge on any atom is 0.274 e. The van der Waals surface area contributed by atoms with Gasteiger partial charge in [0.15, 0.2) is 0 Å². The molecular weight excluding hydrogens is 591 g/mol. The molecule has 1 atom stereocenters. The highest BCUT2D eigenvalue weighted by Gasteiger charge is 2.36. The Bertz CT molecular complexity index is 1920. The van der Waals surface area contributed by atoms with Crippen LogP contribution in [0.3, 0.4) is 0 Å². The molecule has 0 saturated carbocycles. The lowest BCUT2D eigenvalue weighted by atomic mass is 9.91. The fourth-order valence-electron chi connectivity index (χ4n) is 5.12. The molecule has 1 aliphatic rings. The number of aromatic amines is 1. The Morgan fingerprint density at radius 2 is 1.73 bits per heavy atom. The van der Waals surface area contributed by atoms with E-state index in [0.29, 0.717) is 27.9 Å². The number of H-pyrrole nitrogens is 1. The van der Waals surface area contributed by atoms with Crippen LogP contribution in [0.2, 0.25) is 0 Å².